The fraction of sp³-hybridized carbons (Fsp3) is 0.667. The van der Waals surface area contributed by atoms with E-state index in [9.17, 15) is 5.11 Å². The second-order valence-electron chi connectivity index (χ2n) is 4.35. The van der Waals surface area contributed by atoms with Gasteiger partial charge in [0.05, 0.1) is 6.61 Å². The fourth-order valence-corrected chi connectivity index (χ4v) is 2.69. The minimum Gasteiger partial charge on any atom is -0.386 e. The van der Waals surface area contributed by atoms with Crippen molar-refractivity contribution in [2.24, 2.45) is 0 Å². The Morgan fingerprint density at radius 2 is 2.59 bits per heavy atom. The van der Waals surface area contributed by atoms with Gasteiger partial charge in [-0.25, -0.2) is 0 Å². The van der Waals surface area contributed by atoms with Gasteiger partial charge in [-0.15, -0.1) is 11.3 Å². The molecular formula is C12H19NO3S. The van der Waals surface area contributed by atoms with E-state index in [0.29, 0.717) is 19.7 Å². The molecule has 2 atom stereocenters. The van der Waals surface area contributed by atoms with E-state index >= 15 is 0 Å². The Balaban J connectivity index is 1.75. The van der Waals surface area contributed by atoms with Crippen molar-refractivity contribution >= 4 is 11.3 Å². The standard InChI is InChI=1S/C12H19NO3S/c1-15-12(4-5-16-9-12)8-13-7-10(14)11-3-2-6-17-11/h2-3,6,10,13-14H,4-5,7-9H2,1H3. The fourth-order valence-electron chi connectivity index (χ4n) is 1.98. The van der Waals surface area contributed by atoms with E-state index in [0.717, 1.165) is 17.9 Å². The maximum absolute atomic E-state index is 9.92. The molecule has 1 aromatic heterocycles. The van der Waals surface area contributed by atoms with Crippen LogP contribution >= 0.6 is 11.3 Å². The highest BCUT2D eigenvalue weighted by molar-refractivity contribution is 7.10. The zero-order valence-electron chi connectivity index (χ0n) is 10.0. The Bertz CT molecular complexity index is 323. The molecule has 1 aliphatic heterocycles. The molecule has 1 fully saturated rings. The zero-order chi connectivity index (χ0) is 12.1. The van der Waals surface area contributed by atoms with Crippen LogP contribution in [-0.4, -0.2) is 44.1 Å². The van der Waals surface area contributed by atoms with Crippen LogP contribution in [0.1, 0.15) is 17.4 Å². The van der Waals surface area contributed by atoms with Crippen LogP contribution in [0, 0.1) is 0 Å². The monoisotopic (exact) mass is 257 g/mol. The Labute approximate surface area is 106 Å². The second-order valence-corrected chi connectivity index (χ2v) is 5.33. The highest BCUT2D eigenvalue weighted by atomic mass is 32.1. The molecule has 4 nitrogen and oxygen atoms in total. The van der Waals surface area contributed by atoms with Crippen molar-refractivity contribution < 1.29 is 14.6 Å². The third-order valence-electron chi connectivity index (χ3n) is 3.16. The molecule has 5 heteroatoms. The number of methoxy groups -OCH3 is 1. The molecule has 1 aromatic rings. The molecule has 1 aliphatic rings. The van der Waals surface area contributed by atoms with Crippen LogP contribution in [0.2, 0.25) is 0 Å². The number of hydrogen-bond donors (Lipinski definition) is 2. The summed E-state index contributed by atoms with van der Waals surface area (Å²) in [5.74, 6) is 0. The predicted molar refractivity (Wildman–Crippen MR) is 67.3 cm³/mol. The van der Waals surface area contributed by atoms with Gasteiger partial charge in [0, 0.05) is 38.1 Å². The molecule has 0 radical (unpaired) electrons. The van der Waals surface area contributed by atoms with E-state index in [-0.39, 0.29) is 5.60 Å². The van der Waals surface area contributed by atoms with Gasteiger partial charge in [0.25, 0.3) is 0 Å². The van der Waals surface area contributed by atoms with Crippen molar-refractivity contribution in [3.8, 4) is 0 Å². The number of hydrogen-bond acceptors (Lipinski definition) is 5. The van der Waals surface area contributed by atoms with Crippen LogP contribution in [0.25, 0.3) is 0 Å². The quantitative estimate of drug-likeness (QED) is 0.803. The minimum atomic E-state index is -0.439. The van der Waals surface area contributed by atoms with Gasteiger partial charge in [-0.1, -0.05) is 6.07 Å². The van der Waals surface area contributed by atoms with Gasteiger partial charge in [0.1, 0.15) is 11.7 Å². The molecule has 2 N–H and O–H groups in total. The Morgan fingerprint density at radius 3 is 3.18 bits per heavy atom. The summed E-state index contributed by atoms with van der Waals surface area (Å²) in [5, 5.41) is 15.1. The van der Waals surface area contributed by atoms with Gasteiger partial charge >= 0.3 is 0 Å². The van der Waals surface area contributed by atoms with Gasteiger partial charge in [-0.2, -0.15) is 0 Å². The van der Waals surface area contributed by atoms with E-state index in [1.165, 1.54) is 0 Å². The van der Waals surface area contributed by atoms with Crippen LogP contribution in [0.5, 0.6) is 0 Å². The lowest BCUT2D eigenvalue weighted by molar-refractivity contribution is -0.0172. The summed E-state index contributed by atoms with van der Waals surface area (Å²) in [6.07, 6.45) is 0.470. The lowest BCUT2D eigenvalue weighted by Gasteiger charge is -2.26. The minimum absolute atomic E-state index is 0.213. The number of nitrogens with one attached hydrogen (secondary N) is 1. The highest BCUT2D eigenvalue weighted by Gasteiger charge is 2.34. The van der Waals surface area contributed by atoms with Gasteiger partial charge in [0.2, 0.25) is 0 Å². The Morgan fingerprint density at radius 1 is 1.71 bits per heavy atom. The van der Waals surface area contributed by atoms with E-state index in [4.69, 9.17) is 9.47 Å². The summed E-state index contributed by atoms with van der Waals surface area (Å²) in [5.41, 5.74) is -0.213. The van der Waals surface area contributed by atoms with Gasteiger partial charge in [0.15, 0.2) is 0 Å². The average molecular weight is 257 g/mol. The Hall–Kier alpha value is -0.460. The summed E-state index contributed by atoms with van der Waals surface area (Å²) in [7, 11) is 1.71. The maximum Gasteiger partial charge on any atom is 0.106 e. The van der Waals surface area contributed by atoms with Gasteiger partial charge in [-0.3, -0.25) is 0 Å². The van der Waals surface area contributed by atoms with Crippen molar-refractivity contribution in [2.45, 2.75) is 18.1 Å². The number of aliphatic hydroxyl groups excluding tert-OH is 1. The molecule has 0 amide bonds. The molecular weight excluding hydrogens is 238 g/mol. The summed E-state index contributed by atoms with van der Waals surface area (Å²) in [4.78, 5) is 0.992. The highest BCUT2D eigenvalue weighted by Crippen LogP contribution is 2.22. The molecule has 0 spiro atoms. The van der Waals surface area contributed by atoms with Crippen molar-refractivity contribution in [3.05, 3.63) is 22.4 Å². The molecule has 1 saturated heterocycles. The SMILES string of the molecule is COC1(CNCC(O)c2cccs2)CCOC1. The summed E-state index contributed by atoms with van der Waals surface area (Å²) >= 11 is 1.57. The Kier molecular flexibility index (Phi) is 4.53. The first-order valence-electron chi connectivity index (χ1n) is 5.81. The number of thiophene rings is 1. The number of aliphatic hydroxyl groups is 1. The summed E-state index contributed by atoms with van der Waals surface area (Å²) in [6.45, 7) is 2.64. The first-order chi connectivity index (χ1) is 8.26. The molecule has 17 heavy (non-hydrogen) atoms. The first kappa shape index (κ1) is 13.0. The molecule has 96 valence electrons. The van der Waals surface area contributed by atoms with Gasteiger partial charge in [-0.05, 0) is 11.4 Å². The normalized spacial score (nSPS) is 26.2. The molecule has 0 saturated carbocycles. The van der Waals surface area contributed by atoms with E-state index < -0.39 is 6.10 Å². The zero-order valence-corrected chi connectivity index (χ0v) is 10.8. The lowest BCUT2D eigenvalue weighted by Crippen LogP contribution is -2.44. The topological polar surface area (TPSA) is 50.7 Å². The second kappa shape index (κ2) is 5.93. The smallest absolute Gasteiger partial charge is 0.106 e. The van der Waals surface area contributed by atoms with Crippen molar-refractivity contribution in [3.63, 3.8) is 0 Å². The van der Waals surface area contributed by atoms with Crippen molar-refractivity contribution in [2.75, 3.05) is 33.4 Å². The molecule has 2 heterocycles. The van der Waals surface area contributed by atoms with E-state index in [1.54, 1.807) is 18.4 Å². The van der Waals surface area contributed by atoms with Crippen LogP contribution in [0.15, 0.2) is 17.5 Å². The predicted octanol–water partition coefficient (Wildman–Crippen LogP) is 1.18. The van der Waals surface area contributed by atoms with Gasteiger partial charge < -0.3 is 19.9 Å². The first-order valence-corrected chi connectivity index (χ1v) is 6.69. The van der Waals surface area contributed by atoms with Crippen LogP contribution in [-0.2, 0) is 9.47 Å². The largest absolute Gasteiger partial charge is 0.386 e. The molecule has 0 aromatic carbocycles. The maximum atomic E-state index is 9.92. The van der Waals surface area contributed by atoms with Crippen molar-refractivity contribution in [1.82, 2.24) is 5.32 Å². The van der Waals surface area contributed by atoms with Crippen LogP contribution in [0.4, 0.5) is 0 Å². The molecule has 0 bridgehead atoms. The van der Waals surface area contributed by atoms with Crippen LogP contribution in [0.3, 0.4) is 0 Å². The molecule has 0 aliphatic carbocycles. The summed E-state index contributed by atoms with van der Waals surface area (Å²) in [6, 6.07) is 3.90. The number of rotatable bonds is 6. The van der Waals surface area contributed by atoms with E-state index in [2.05, 4.69) is 5.32 Å². The summed E-state index contributed by atoms with van der Waals surface area (Å²) < 4.78 is 10.9. The van der Waals surface area contributed by atoms with Crippen LogP contribution < -0.4 is 5.32 Å². The lowest BCUT2D eigenvalue weighted by atomic mass is 10.0. The number of ether oxygens (including phenoxy) is 2. The van der Waals surface area contributed by atoms with Crippen molar-refractivity contribution in [1.29, 1.82) is 0 Å². The third kappa shape index (κ3) is 3.26. The third-order valence-corrected chi connectivity index (χ3v) is 4.13. The molecule has 2 unspecified atom stereocenters. The van der Waals surface area contributed by atoms with E-state index in [1.807, 2.05) is 17.5 Å². The molecule has 2 rings (SSSR count). The average Bonchev–Trinajstić information content (AvgIpc) is 3.01.